The summed E-state index contributed by atoms with van der Waals surface area (Å²) in [5.41, 5.74) is 0. The molecule has 0 fully saturated rings. The van der Waals surface area contributed by atoms with Crippen molar-refractivity contribution in [3.05, 3.63) is 72.5 Å². The summed E-state index contributed by atoms with van der Waals surface area (Å²) in [7, 11) is 0. The van der Waals surface area contributed by atoms with Crippen LogP contribution in [0.5, 0.6) is 0 Å². The molecule has 0 spiro atoms. The summed E-state index contributed by atoms with van der Waals surface area (Å²) in [6.07, 6.45) is 0. The van der Waals surface area contributed by atoms with E-state index >= 15 is 0 Å². The molecular formula is C18H11F. The molecule has 4 rings (SSSR count). The highest BCUT2D eigenvalue weighted by Gasteiger charge is 2.04. The van der Waals surface area contributed by atoms with Crippen LogP contribution >= 0.6 is 0 Å². The highest BCUT2D eigenvalue weighted by atomic mass is 19.1. The van der Waals surface area contributed by atoms with Crippen molar-refractivity contribution in [2.24, 2.45) is 0 Å². The van der Waals surface area contributed by atoms with Gasteiger partial charge in [-0.05, 0) is 44.5 Å². The van der Waals surface area contributed by atoms with Gasteiger partial charge in [-0.2, -0.15) is 0 Å². The Labute approximate surface area is 110 Å². The first-order chi connectivity index (χ1) is 9.33. The highest BCUT2D eigenvalue weighted by Crippen LogP contribution is 2.31. The normalized spacial score (nSPS) is 11.4. The lowest BCUT2D eigenvalue weighted by atomic mass is 9.97. The van der Waals surface area contributed by atoms with Crippen LogP contribution in [0.1, 0.15) is 0 Å². The van der Waals surface area contributed by atoms with Crippen LogP contribution in [0.25, 0.3) is 32.3 Å². The second-order valence-corrected chi connectivity index (χ2v) is 4.81. The van der Waals surface area contributed by atoms with E-state index < -0.39 is 0 Å². The van der Waals surface area contributed by atoms with Crippen molar-refractivity contribution in [3.63, 3.8) is 0 Å². The average Bonchev–Trinajstić information content (AvgIpc) is 2.46. The minimum atomic E-state index is -0.187. The summed E-state index contributed by atoms with van der Waals surface area (Å²) < 4.78 is 13.5. The molecule has 0 aliphatic heterocycles. The first-order valence-corrected chi connectivity index (χ1v) is 6.33. The van der Waals surface area contributed by atoms with E-state index in [1.165, 1.54) is 22.2 Å². The van der Waals surface area contributed by atoms with Crippen LogP contribution in [0, 0.1) is 5.82 Å². The van der Waals surface area contributed by atoms with Crippen molar-refractivity contribution in [1.29, 1.82) is 0 Å². The van der Waals surface area contributed by atoms with Gasteiger partial charge in [-0.1, -0.05) is 54.6 Å². The van der Waals surface area contributed by atoms with Gasteiger partial charge in [0.25, 0.3) is 0 Å². The fraction of sp³-hybridized carbons (Fsp3) is 0. The molecule has 1 heteroatoms. The SMILES string of the molecule is Fc1ccc2ccc3c4ccccc4ccc3c2c1. The second kappa shape index (κ2) is 3.79. The van der Waals surface area contributed by atoms with Crippen LogP contribution < -0.4 is 0 Å². The predicted molar refractivity (Wildman–Crippen MR) is 78.9 cm³/mol. The second-order valence-electron chi connectivity index (χ2n) is 4.81. The summed E-state index contributed by atoms with van der Waals surface area (Å²) >= 11 is 0. The van der Waals surface area contributed by atoms with Crippen molar-refractivity contribution in [2.75, 3.05) is 0 Å². The summed E-state index contributed by atoms with van der Waals surface area (Å²) in [6.45, 7) is 0. The van der Waals surface area contributed by atoms with Crippen LogP contribution in [-0.4, -0.2) is 0 Å². The molecule has 0 aromatic heterocycles. The molecule has 0 bridgehead atoms. The maximum atomic E-state index is 13.5. The number of benzene rings is 4. The van der Waals surface area contributed by atoms with Crippen molar-refractivity contribution in [3.8, 4) is 0 Å². The van der Waals surface area contributed by atoms with Crippen molar-refractivity contribution in [1.82, 2.24) is 0 Å². The Kier molecular flexibility index (Phi) is 2.10. The molecule has 4 aromatic rings. The molecule has 0 heterocycles. The molecule has 19 heavy (non-hydrogen) atoms. The van der Waals surface area contributed by atoms with Crippen LogP contribution in [0.2, 0.25) is 0 Å². The quantitative estimate of drug-likeness (QED) is 0.370. The predicted octanol–water partition coefficient (Wildman–Crippen LogP) is 5.29. The van der Waals surface area contributed by atoms with E-state index in [4.69, 9.17) is 0 Å². The molecule has 0 N–H and O–H groups in total. The lowest BCUT2D eigenvalue weighted by molar-refractivity contribution is 0.630. The summed E-state index contributed by atoms with van der Waals surface area (Å²) in [4.78, 5) is 0. The smallest absolute Gasteiger partial charge is 0.123 e. The fourth-order valence-corrected chi connectivity index (χ4v) is 2.79. The minimum Gasteiger partial charge on any atom is -0.207 e. The number of hydrogen-bond donors (Lipinski definition) is 0. The maximum absolute atomic E-state index is 13.5. The van der Waals surface area contributed by atoms with Gasteiger partial charge >= 0.3 is 0 Å². The Morgan fingerprint density at radius 3 is 2.00 bits per heavy atom. The van der Waals surface area contributed by atoms with E-state index in [1.807, 2.05) is 18.2 Å². The molecule has 0 saturated carbocycles. The fourth-order valence-electron chi connectivity index (χ4n) is 2.79. The maximum Gasteiger partial charge on any atom is 0.123 e. The number of halogens is 1. The molecule has 0 nitrogen and oxygen atoms in total. The van der Waals surface area contributed by atoms with Gasteiger partial charge in [0, 0.05) is 0 Å². The third-order valence-electron chi connectivity index (χ3n) is 3.71. The van der Waals surface area contributed by atoms with Crippen molar-refractivity contribution >= 4 is 32.3 Å². The lowest BCUT2D eigenvalue weighted by Gasteiger charge is -2.07. The Morgan fingerprint density at radius 2 is 1.16 bits per heavy atom. The van der Waals surface area contributed by atoms with E-state index in [1.54, 1.807) is 6.07 Å². The van der Waals surface area contributed by atoms with E-state index in [0.29, 0.717) is 0 Å². The molecule has 0 saturated heterocycles. The standard InChI is InChI=1S/C18H11F/c19-14-8-5-13-7-9-16-15-4-2-1-3-12(15)6-10-17(16)18(13)11-14/h1-11H. The Balaban J connectivity index is 2.28. The third kappa shape index (κ3) is 1.52. The molecule has 0 unspecified atom stereocenters. The molecule has 0 amide bonds. The molecule has 0 atom stereocenters. The van der Waals surface area contributed by atoms with Gasteiger partial charge in [-0.25, -0.2) is 4.39 Å². The van der Waals surface area contributed by atoms with Gasteiger partial charge in [-0.15, -0.1) is 0 Å². The number of rotatable bonds is 0. The Hall–Kier alpha value is -2.41. The monoisotopic (exact) mass is 246 g/mol. The number of hydrogen-bond acceptors (Lipinski definition) is 0. The molecule has 0 radical (unpaired) electrons. The van der Waals surface area contributed by atoms with Gasteiger partial charge in [0.15, 0.2) is 0 Å². The molecular weight excluding hydrogens is 235 g/mol. The van der Waals surface area contributed by atoms with Gasteiger partial charge in [0.1, 0.15) is 5.82 Å². The Morgan fingerprint density at radius 1 is 0.526 bits per heavy atom. The largest absolute Gasteiger partial charge is 0.207 e. The van der Waals surface area contributed by atoms with Gasteiger partial charge in [-0.3, -0.25) is 0 Å². The highest BCUT2D eigenvalue weighted by molar-refractivity contribution is 6.17. The average molecular weight is 246 g/mol. The zero-order chi connectivity index (χ0) is 12.8. The minimum absolute atomic E-state index is 0.187. The molecule has 0 aliphatic carbocycles. The van der Waals surface area contributed by atoms with Crippen molar-refractivity contribution in [2.45, 2.75) is 0 Å². The topological polar surface area (TPSA) is 0 Å². The van der Waals surface area contributed by atoms with Gasteiger partial charge in [0.05, 0.1) is 0 Å². The van der Waals surface area contributed by atoms with Crippen LogP contribution in [0.3, 0.4) is 0 Å². The third-order valence-corrected chi connectivity index (χ3v) is 3.71. The first-order valence-electron chi connectivity index (χ1n) is 6.33. The molecule has 0 aliphatic rings. The van der Waals surface area contributed by atoms with Crippen LogP contribution in [-0.2, 0) is 0 Å². The van der Waals surface area contributed by atoms with E-state index in [9.17, 15) is 4.39 Å². The lowest BCUT2D eigenvalue weighted by Crippen LogP contribution is -1.82. The van der Waals surface area contributed by atoms with E-state index in [0.717, 1.165) is 16.2 Å². The molecule has 4 aromatic carbocycles. The number of fused-ring (bicyclic) bond motifs is 5. The van der Waals surface area contributed by atoms with Gasteiger partial charge in [0.2, 0.25) is 0 Å². The van der Waals surface area contributed by atoms with Crippen LogP contribution in [0.4, 0.5) is 4.39 Å². The van der Waals surface area contributed by atoms with E-state index in [2.05, 4.69) is 36.4 Å². The van der Waals surface area contributed by atoms with Crippen LogP contribution in [0.15, 0.2) is 66.7 Å². The van der Waals surface area contributed by atoms with Gasteiger partial charge < -0.3 is 0 Å². The zero-order valence-corrected chi connectivity index (χ0v) is 10.2. The first kappa shape index (κ1) is 10.5. The summed E-state index contributed by atoms with van der Waals surface area (Å²) in [6, 6.07) is 21.6. The summed E-state index contributed by atoms with van der Waals surface area (Å²) in [5, 5.41) is 6.76. The summed E-state index contributed by atoms with van der Waals surface area (Å²) in [5.74, 6) is -0.187. The van der Waals surface area contributed by atoms with Crippen molar-refractivity contribution < 1.29 is 4.39 Å². The molecule has 90 valence electrons. The van der Waals surface area contributed by atoms with E-state index in [-0.39, 0.29) is 5.82 Å². The zero-order valence-electron chi connectivity index (χ0n) is 10.2. The Bertz CT molecular complexity index is 922.